The van der Waals surface area contributed by atoms with Crippen LogP contribution in [0.4, 0.5) is 5.69 Å². The summed E-state index contributed by atoms with van der Waals surface area (Å²) in [6.45, 7) is 5.03. The second-order valence-corrected chi connectivity index (χ2v) is 4.82. The first-order chi connectivity index (χ1) is 7.03. The molecule has 0 aliphatic rings. The molecular formula is C11H17BrN2O. The third-order valence-corrected chi connectivity index (χ3v) is 2.81. The van der Waals surface area contributed by atoms with Crippen molar-refractivity contribution in [2.24, 2.45) is 0 Å². The Morgan fingerprint density at radius 1 is 1.47 bits per heavy atom. The van der Waals surface area contributed by atoms with Crippen LogP contribution in [-0.2, 0) is 4.74 Å². The van der Waals surface area contributed by atoms with Crippen molar-refractivity contribution in [3.63, 3.8) is 0 Å². The van der Waals surface area contributed by atoms with E-state index in [4.69, 9.17) is 4.74 Å². The number of hydrogen-bond acceptors (Lipinski definition) is 3. The van der Waals surface area contributed by atoms with Crippen molar-refractivity contribution in [3.8, 4) is 0 Å². The molecule has 0 saturated carbocycles. The van der Waals surface area contributed by atoms with Crippen molar-refractivity contribution in [2.45, 2.75) is 25.9 Å². The number of pyridine rings is 1. The van der Waals surface area contributed by atoms with Gasteiger partial charge < -0.3 is 10.1 Å². The molecule has 84 valence electrons. The normalized spacial score (nSPS) is 11.5. The van der Waals surface area contributed by atoms with Gasteiger partial charge in [-0.25, -0.2) is 4.98 Å². The molecule has 1 N–H and O–H groups in total. The molecule has 0 aliphatic carbocycles. The predicted octanol–water partition coefficient (Wildman–Crippen LogP) is 3.07. The average molecular weight is 273 g/mol. The first-order valence-corrected chi connectivity index (χ1v) is 5.73. The van der Waals surface area contributed by atoms with Crippen molar-refractivity contribution in [1.29, 1.82) is 0 Å². The fraction of sp³-hybridized carbons (Fsp3) is 0.545. The monoisotopic (exact) mass is 272 g/mol. The molecule has 0 fully saturated rings. The van der Waals surface area contributed by atoms with E-state index in [0.29, 0.717) is 0 Å². The number of aromatic nitrogens is 1. The number of anilines is 1. The van der Waals surface area contributed by atoms with Crippen LogP contribution < -0.4 is 5.32 Å². The molecule has 0 amide bonds. The average Bonchev–Trinajstić information content (AvgIpc) is 2.21. The van der Waals surface area contributed by atoms with Gasteiger partial charge in [-0.3, -0.25) is 0 Å². The molecule has 0 bridgehead atoms. The third kappa shape index (κ3) is 4.62. The van der Waals surface area contributed by atoms with Gasteiger partial charge in [0.25, 0.3) is 0 Å². The summed E-state index contributed by atoms with van der Waals surface area (Å²) in [7, 11) is 1.74. The lowest BCUT2D eigenvalue weighted by atomic mass is 10.1. The van der Waals surface area contributed by atoms with Crippen LogP contribution in [0.15, 0.2) is 22.9 Å². The van der Waals surface area contributed by atoms with Crippen LogP contribution in [0, 0.1) is 0 Å². The van der Waals surface area contributed by atoms with Gasteiger partial charge in [0.05, 0.1) is 17.5 Å². The highest BCUT2D eigenvalue weighted by atomic mass is 79.9. The summed E-state index contributed by atoms with van der Waals surface area (Å²) in [4.78, 5) is 4.14. The van der Waals surface area contributed by atoms with Crippen LogP contribution in [0.5, 0.6) is 0 Å². The quantitative estimate of drug-likeness (QED) is 0.837. The van der Waals surface area contributed by atoms with Crippen LogP contribution >= 0.6 is 15.9 Å². The Morgan fingerprint density at radius 2 is 2.20 bits per heavy atom. The topological polar surface area (TPSA) is 34.1 Å². The molecule has 4 heteroatoms. The van der Waals surface area contributed by atoms with E-state index < -0.39 is 0 Å². The summed E-state index contributed by atoms with van der Waals surface area (Å²) >= 11 is 3.30. The number of halogens is 1. The summed E-state index contributed by atoms with van der Waals surface area (Å²) < 4.78 is 6.18. The van der Waals surface area contributed by atoms with Gasteiger partial charge in [0, 0.05) is 13.7 Å². The minimum Gasteiger partial charge on any atom is -0.384 e. The van der Waals surface area contributed by atoms with Gasteiger partial charge in [-0.15, -0.1) is 0 Å². The summed E-state index contributed by atoms with van der Waals surface area (Å²) in [6.07, 6.45) is 2.77. The number of nitrogens with zero attached hydrogens (tertiary/aromatic N) is 1. The van der Waals surface area contributed by atoms with Crippen LogP contribution in [0.2, 0.25) is 0 Å². The van der Waals surface area contributed by atoms with Crippen molar-refractivity contribution in [2.75, 3.05) is 19.0 Å². The van der Waals surface area contributed by atoms with E-state index in [-0.39, 0.29) is 5.60 Å². The van der Waals surface area contributed by atoms with Crippen LogP contribution in [0.3, 0.4) is 0 Å². The maximum atomic E-state index is 5.33. The van der Waals surface area contributed by atoms with E-state index in [2.05, 4.69) is 40.1 Å². The molecule has 0 unspecified atom stereocenters. The molecule has 3 nitrogen and oxygen atoms in total. The molecule has 0 spiro atoms. The SMILES string of the molecule is COC(C)(C)CCNc1ccc(Br)nc1. The van der Waals surface area contributed by atoms with Gasteiger partial charge in [-0.1, -0.05) is 0 Å². The first-order valence-electron chi connectivity index (χ1n) is 4.94. The Kier molecular flexibility index (Phi) is 4.54. The van der Waals surface area contributed by atoms with Gasteiger partial charge in [-0.05, 0) is 48.3 Å². The molecule has 1 aromatic rings. The van der Waals surface area contributed by atoms with Gasteiger partial charge in [0.1, 0.15) is 4.60 Å². The molecule has 1 rings (SSSR count). The molecule has 1 aromatic heterocycles. The van der Waals surface area contributed by atoms with Crippen molar-refractivity contribution >= 4 is 21.6 Å². The summed E-state index contributed by atoms with van der Waals surface area (Å²) in [5.74, 6) is 0. The van der Waals surface area contributed by atoms with Gasteiger partial charge in [0.15, 0.2) is 0 Å². The van der Waals surface area contributed by atoms with Gasteiger partial charge >= 0.3 is 0 Å². The zero-order chi connectivity index (χ0) is 11.3. The predicted molar refractivity (Wildman–Crippen MR) is 66.1 cm³/mol. The maximum Gasteiger partial charge on any atom is 0.106 e. The van der Waals surface area contributed by atoms with Gasteiger partial charge in [-0.2, -0.15) is 0 Å². The van der Waals surface area contributed by atoms with Crippen molar-refractivity contribution < 1.29 is 4.74 Å². The molecule has 0 saturated heterocycles. The number of hydrogen-bond donors (Lipinski definition) is 1. The highest BCUT2D eigenvalue weighted by Gasteiger charge is 2.14. The van der Waals surface area contributed by atoms with E-state index in [9.17, 15) is 0 Å². The largest absolute Gasteiger partial charge is 0.384 e. The van der Waals surface area contributed by atoms with Crippen LogP contribution in [-0.4, -0.2) is 24.2 Å². The molecule has 15 heavy (non-hydrogen) atoms. The van der Waals surface area contributed by atoms with E-state index >= 15 is 0 Å². The van der Waals surface area contributed by atoms with Gasteiger partial charge in [0.2, 0.25) is 0 Å². The fourth-order valence-electron chi connectivity index (χ4n) is 1.09. The highest BCUT2D eigenvalue weighted by molar-refractivity contribution is 9.10. The minimum atomic E-state index is -0.0736. The van der Waals surface area contributed by atoms with E-state index in [1.807, 2.05) is 18.3 Å². The zero-order valence-electron chi connectivity index (χ0n) is 9.38. The second kappa shape index (κ2) is 5.47. The number of nitrogens with one attached hydrogen (secondary N) is 1. The Hall–Kier alpha value is -0.610. The highest BCUT2D eigenvalue weighted by Crippen LogP contribution is 2.14. The Morgan fingerprint density at radius 3 is 2.73 bits per heavy atom. The fourth-order valence-corrected chi connectivity index (χ4v) is 1.32. The lowest BCUT2D eigenvalue weighted by molar-refractivity contribution is 0.0185. The van der Waals surface area contributed by atoms with Crippen LogP contribution in [0.1, 0.15) is 20.3 Å². The number of rotatable bonds is 5. The lowest BCUT2D eigenvalue weighted by Gasteiger charge is -2.22. The molecule has 0 aliphatic heterocycles. The van der Waals surface area contributed by atoms with Crippen molar-refractivity contribution in [1.82, 2.24) is 4.98 Å². The second-order valence-electron chi connectivity index (χ2n) is 4.01. The molecular weight excluding hydrogens is 256 g/mol. The standard InChI is InChI=1S/C11H17BrN2O/c1-11(2,15-3)6-7-13-9-4-5-10(12)14-8-9/h4-5,8,13H,6-7H2,1-3H3. The smallest absolute Gasteiger partial charge is 0.106 e. The summed E-state index contributed by atoms with van der Waals surface area (Å²) in [5, 5.41) is 3.30. The lowest BCUT2D eigenvalue weighted by Crippen LogP contribution is -2.25. The van der Waals surface area contributed by atoms with Crippen LogP contribution in [0.25, 0.3) is 0 Å². The Balaban J connectivity index is 2.35. The Labute approximate surface area is 99.4 Å². The molecule has 0 aromatic carbocycles. The minimum absolute atomic E-state index is 0.0736. The third-order valence-electron chi connectivity index (χ3n) is 2.34. The number of methoxy groups -OCH3 is 1. The van der Waals surface area contributed by atoms with Crippen molar-refractivity contribution in [3.05, 3.63) is 22.9 Å². The summed E-state index contributed by atoms with van der Waals surface area (Å²) in [5.41, 5.74) is 0.959. The van der Waals surface area contributed by atoms with E-state index in [1.54, 1.807) is 7.11 Å². The summed E-state index contributed by atoms with van der Waals surface area (Å²) in [6, 6.07) is 3.92. The van der Waals surface area contributed by atoms with E-state index in [0.717, 1.165) is 23.3 Å². The molecule has 1 heterocycles. The maximum absolute atomic E-state index is 5.33. The number of ether oxygens (including phenoxy) is 1. The first kappa shape index (κ1) is 12.5. The molecule has 0 atom stereocenters. The zero-order valence-corrected chi connectivity index (χ0v) is 11.0. The molecule has 0 radical (unpaired) electrons. The van der Waals surface area contributed by atoms with E-state index in [1.165, 1.54) is 0 Å². The Bertz CT molecular complexity index is 298.